The number of nitrogens with zero attached hydrogens (tertiary/aromatic N) is 2. The Morgan fingerprint density at radius 2 is 1.63 bits per heavy atom. The van der Waals surface area contributed by atoms with Gasteiger partial charge in [0, 0.05) is 12.1 Å². The number of amides is 1. The van der Waals surface area contributed by atoms with Crippen molar-refractivity contribution in [3.63, 3.8) is 0 Å². The highest BCUT2D eigenvalue weighted by Gasteiger charge is 2.45. The molecule has 0 bridgehead atoms. The number of carbonyl (C=O) groups is 2. The Kier molecular flexibility index (Phi) is 9.10. The zero-order chi connectivity index (χ0) is 25.5. The van der Waals surface area contributed by atoms with E-state index in [1.807, 2.05) is 31.2 Å². The molecule has 1 heterocycles. The average Bonchev–Trinajstić information content (AvgIpc) is 3.12. The smallest absolute Gasteiger partial charge is 0.295 e. The molecule has 1 saturated heterocycles. The van der Waals surface area contributed by atoms with Gasteiger partial charge in [-0.25, -0.2) is 0 Å². The van der Waals surface area contributed by atoms with Crippen molar-refractivity contribution >= 4 is 17.4 Å². The molecule has 0 spiro atoms. The van der Waals surface area contributed by atoms with Gasteiger partial charge in [-0.05, 0) is 74.3 Å². The van der Waals surface area contributed by atoms with Crippen LogP contribution in [0.2, 0.25) is 0 Å². The second-order valence-corrected chi connectivity index (χ2v) is 9.15. The maximum absolute atomic E-state index is 13.2. The van der Waals surface area contributed by atoms with E-state index in [0.29, 0.717) is 30.4 Å². The molecule has 188 valence electrons. The Morgan fingerprint density at radius 3 is 2.17 bits per heavy atom. The first-order valence-electron chi connectivity index (χ1n) is 12.7. The summed E-state index contributed by atoms with van der Waals surface area (Å²) in [7, 11) is 0. The number of hydrogen-bond donors (Lipinski definition) is 1. The Bertz CT molecular complexity index is 1040. The fourth-order valence-corrected chi connectivity index (χ4v) is 4.56. The summed E-state index contributed by atoms with van der Waals surface area (Å²) in [6.45, 7) is 14.1. The van der Waals surface area contributed by atoms with E-state index < -0.39 is 17.7 Å². The molecule has 6 heteroatoms. The van der Waals surface area contributed by atoms with Gasteiger partial charge in [-0.3, -0.25) is 9.59 Å². The number of likely N-dealkylation sites (tertiary alicyclic amines) is 1. The normalized spacial score (nSPS) is 17.6. The van der Waals surface area contributed by atoms with Crippen LogP contribution in [0.1, 0.15) is 69.7 Å². The molecule has 1 fully saturated rings. The van der Waals surface area contributed by atoms with Crippen LogP contribution in [0.3, 0.4) is 0 Å². The molecule has 0 saturated carbocycles. The van der Waals surface area contributed by atoms with E-state index in [1.54, 1.807) is 29.2 Å². The Morgan fingerprint density at radius 1 is 1.00 bits per heavy atom. The predicted molar refractivity (Wildman–Crippen MR) is 140 cm³/mol. The highest BCUT2D eigenvalue weighted by atomic mass is 16.5. The minimum absolute atomic E-state index is 0.138. The maximum atomic E-state index is 13.2. The minimum atomic E-state index is -0.642. The maximum Gasteiger partial charge on any atom is 0.295 e. The molecule has 0 aliphatic carbocycles. The summed E-state index contributed by atoms with van der Waals surface area (Å²) in [5, 5.41) is 11.2. The van der Waals surface area contributed by atoms with Gasteiger partial charge >= 0.3 is 0 Å². The molecule has 3 rings (SSSR count). The number of aliphatic hydroxyl groups excluding tert-OH is 1. The standard InChI is InChI=1S/C29H38N2O4/c1-6-30(7-2)18-9-19-31-26(22-12-10-21(11-13-22)20(4)5)25(28(33)29(31)34)27(32)23-14-16-24(17-15-23)35-8-3/h10-17,20,26,32H,6-9,18-19H2,1-5H3/b27-25-. The van der Waals surface area contributed by atoms with Crippen LogP contribution in [0.15, 0.2) is 54.1 Å². The van der Waals surface area contributed by atoms with Crippen molar-refractivity contribution in [2.24, 2.45) is 0 Å². The first-order chi connectivity index (χ1) is 16.8. The topological polar surface area (TPSA) is 70.1 Å². The van der Waals surface area contributed by atoms with Gasteiger partial charge in [0.05, 0.1) is 18.2 Å². The molecule has 1 unspecified atom stereocenters. The lowest BCUT2D eigenvalue weighted by Gasteiger charge is -2.27. The summed E-state index contributed by atoms with van der Waals surface area (Å²) in [5.74, 6) is -0.308. The molecule has 1 N–H and O–H groups in total. The van der Waals surface area contributed by atoms with Gasteiger partial charge in [-0.15, -0.1) is 0 Å². The Hall–Kier alpha value is -3.12. The number of hydrogen-bond acceptors (Lipinski definition) is 5. The third-order valence-corrected chi connectivity index (χ3v) is 6.67. The van der Waals surface area contributed by atoms with E-state index in [1.165, 1.54) is 5.56 Å². The van der Waals surface area contributed by atoms with Crippen LogP contribution in [-0.2, 0) is 9.59 Å². The largest absolute Gasteiger partial charge is 0.507 e. The number of benzene rings is 2. The third kappa shape index (κ3) is 5.93. The lowest BCUT2D eigenvalue weighted by Crippen LogP contribution is -2.33. The van der Waals surface area contributed by atoms with Gasteiger partial charge in [-0.1, -0.05) is 52.0 Å². The van der Waals surface area contributed by atoms with E-state index >= 15 is 0 Å². The van der Waals surface area contributed by atoms with E-state index in [9.17, 15) is 14.7 Å². The molecular weight excluding hydrogens is 440 g/mol. The summed E-state index contributed by atoms with van der Waals surface area (Å²) in [6, 6.07) is 14.3. The van der Waals surface area contributed by atoms with Crippen molar-refractivity contribution < 1.29 is 19.4 Å². The van der Waals surface area contributed by atoms with Crippen LogP contribution in [0.25, 0.3) is 5.76 Å². The minimum Gasteiger partial charge on any atom is -0.507 e. The van der Waals surface area contributed by atoms with Crippen molar-refractivity contribution in [2.45, 2.75) is 53.0 Å². The SMILES string of the molecule is CCOc1ccc(/C(O)=C2/C(=O)C(=O)N(CCCN(CC)CC)C2c2ccc(C(C)C)cc2)cc1. The second-order valence-electron chi connectivity index (χ2n) is 9.15. The van der Waals surface area contributed by atoms with Gasteiger partial charge < -0.3 is 19.6 Å². The molecule has 0 aromatic heterocycles. The highest BCUT2D eigenvalue weighted by molar-refractivity contribution is 6.46. The number of ketones is 1. The number of Topliss-reactive ketones (excluding diaryl/α,β-unsaturated/α-hetero) is 1. The number of rotatable bonds is 11. The number of ether oxygens (including phenoxy) is 1. The Balaban J connectivity index is 2.01. The molecular formula is C29H38N2O4. The third-order valence-electron chi connectivity index (χ3n) is 6.67. The summed E-state index contributed by atoms with van der Waals surface area (Å²) in [6.07, 6.45) is 0.748. The van der Waals surface area contributed by atoms with Crippen LogP contribution in [0.5, 0.6) is 5.75 Å². The lowest BCUT2D eigenvalue weighted by atomic mass is 9.93. The first-order valence-corrected chi connectivity index (χ1v) is 12.7. The second kappa shape index (κ2) is 12.0. The van der Waals surface area contributed by atoms with Crippen LogP contribution in [0, 0.1) is 0 Å². The van der Waals surface area contributed by atoms with E-state index in [-0.39, 0.29) is 11.3 Å². The first kappa shape index (κ1) is 26.5. The zero-order valence-corrected chi connectivity index (χ0v) is 21.6. The van der Waals surface area contributed by atoms with Crippen LogP contribution < -0.4 is 4.74 Å². The van der Waals surface area contributed by atoms with Crippen molar-refractivity contribution in [3.05, 3.63) is 70.8 Å². The van der Waals surface area contributed by atoms with Gasteiger partial charge in [0.1, 0.15) is 11.5 Å². The summed E-state index contributed by atoms with van der Waals surface area (Å²) >= 11 is 0. The average molecular weight is 479 g/mol. The fraction of sp³-hybridized carbons (Fsp3) is 0.448. The molecule has 0 radical (unpaired) electrons. The predicted octanol–water partition coefficient (Wildman–Crippen LogP) is 5.36. The quantitative estimate of drug-likeness (QED) is 0.267. The number of carbonyl (C=O) groups excluding carboxylic acids is 2. The number of aliphatic hydroxyl groups is 1. The molecule has 1 amide bonds. The van der Waals surface area contributed by atoms with Crippen molar-refractivity contribution in [3.8, 4) is 5.75 Å². The van der Waals surface area contributed by atoms with Gasteiger partial charge in [0.2, 0.25) is 0 Å². The summed E-state index contributed by atoms with van der Waals surface area (Å²) < 4.78 is 5.49. The highest BCUT2D eigenvalue weighted by Crippen LogP contribution is 2.40. The molecule has 1 aliphatic rings. The monoisotopic (exact) mass is 478 g/mol. The molecule has 2 aromatic carbocycles. The molecule has 1 aliphatic heterocycles. The molecule has 2 aromatic rings. The van der Waals surface area contributed by atoms with Crippen molar-refractivity contribution in [1.82, 2.24) is 9.80 Å². The van der Waals surface area contributed by atoms with Gasteiger partial charge in [-0.2, -0.15) is 0 Å². The lowest BCUT2D eigenvalue weighted by molar-refractivity contribution is -0.140. The van der Waals surface area contributed by atoms with Crippen molar-refractivity contribution in [2.75, 3.05) is 32.8 Å². The Labute approximate surface area is 209 Å². The molecule has 1 atom stereocenters. The summed E-state index contributed by atoms with van der Waals surface area (Å²) in [5.41, 5.74) is 2.63. The zero-order valence-electron chi connectivity index (χ0n) is 21.6. The van der Waals surface area contributed by atoms with E-state index in [0.717, 1.165) is 31.6 Å². The van der Waals surface area contributed by atoms with Crippen LogP contribution in [-0.4, -0.2) is 59.4 Å². The molecule has 6 nitrogen and oxygen atoms in total. The summed E-state index contributed by atoms with van der Waals surface area (Å²) in [4.78, 5) is 30.3. The van der Waals surface area contributed by atoms with Gasteiger partial charge in [0.15, 0.2) is 0 Å². The van der Waals surface area contributed by atoms with Gasteiger partial charge in [0.25, 0.3) is 11.7 Å². The van der Waals surface area contributed by atoms with E-state index in [4.69, 9.17) is 4.74 Å². The van der Waals surface area contributed by atoms with E-state index in [2.05, 4.69) is 32.6 Å². The van der Waals surface area contributed by atoms with Crippen LogP contribution >= 0.6 is 0 Å². The molecule has 35 heavy (non-hydrogen) atoms. The van der Waals surface area contributed by atoms with Crippen LogP contribution in [0.4, 0.5) is 0 Å². The van der Waals surface area contributed by atoms with Crippen molar-refractivity contribution in [1.29, 1.82) is 0 Å². The fourth-order valence-electron chi connectivity index (χ4n) is 4.56.